The summed E-state index contributed by atoms with van der Waals surface area (Å²) >= 11 is 3.30. The first-order chi connectivity index (χ1) is 8.08. The van der Waals surface area contributed by atoms with Crippen LogP contribution in [0.15, 0.2) is 45.3 Å². The van der Waals surface area contributed by atoms with Crippen LogP contribution in [0, 0.1) is 0 Å². The molecule has 2 N–H and O–H groups in total. The van der Waals surface area contributed by atoms with Crippen molar-refractivity contribution in [1.82, 2.24) is 0 Å². The molecule has 0 radical (unpaired) electrons. The summed E-state index contributed by atoms with van der Waals surface area (Å²) in [5, 5.41) is 18.7. The van der Waals surface area contributed by atoms with E-state index in [1.807, 2.05) is 6.07 Å². The molecule has 17 heavy (non-hydrogen) atoms. The second-order valence-electron chi connectivity index (χ2n) is 3.46. The quantitative estimate of drug-likeness (QED) is 0.914. The standard InChI is InChI=1S/C12H9BrO4/c13-8-3-1-2-7(6-8)11(14)9-4-5-10(17-9)12(15)16/h1-6,11,14H,(H,15,16). The number of hydrogen-bond acceptors (Lipinski definition) is 3. The normalized spacial score (nSPS) is 12.4. The van der Waals surface area contributed by atoms with Crippen LogP contribution in [-0.2, 0) is 0 Å². The molecule has 0 aliphatic carbocycles. The highest BCUT2D eigenvalue weighted by Crippen LogP contribution is 2.25. The molecule has 1 heterocycles. The van der Waals surface area contributed by atoms with Gasteiger partial charge in [0.25, 0.3) is 0 Å². The van der Waals surface area contributed by atoms with Gasteiger partial charge in [-0.1, -0.05) is 28.1 Å². The molecule has 0 bridgehead atoms. The molecule has 0 saturated carbocycles. The molecule has 1 aromatic heterocycles. The Morgan fingerprint density at radius 2 is 2.06 bits per heavy atom. The first-order valence-electron chi connectivity index (χ1n) is 4.84. The fourth-order valence-electron chi connectivity index (χ4n) is 1.46. The number of benzene rings is 1. The lowest BCUT2D eigenvalue weighted by atomic mass is 10.1. The summed E-state index contributed by atoms with van der Waals surface area (Å²) in [4.78, 5) is 10.6. The lowest BCUT2D eigenvalue weighted by Gasteiger charge is -2.08. The third-order valence-corrected chi connectivity index (χ3v) is 2.76. The monoisotopic (exact) mass is 296 g/mol. The maximum atomic E-state index is 10.6. The number of aliphatic hydroxyl groups excluding tert-OH is 1. The second kappa shape index (κ2) is 4.73. The van der Waals surface area contributed by atoms with E-state index in [1.165, 1.54) is 12.1 Å². The average molecular weight is 297 g/mol. The van der Waals surface area contributed by atoms with Gasteiger partial charge in [0.15, 0.2) is 0 Å². The Labute approximate surface area is 106 Å². The molecule has 4 nitrogen and oxygen atoms in total. The lowest BCUT2D eigenvalue weighted by molar-refractivity contribution is 0.0655. The number of hydrogen-bond donors (Lipinski definition) is 2. The van der Waals surface area contributed by atoms with Crippen LogP contribution >= 0.6 is 15.9 Å². The Morgan fingerprint density at radius 1 is 1.29 bits per heavy atom. The van der Waals surface area contributed by atoms with Crippen LogP contribution in [0.25, 0.3) is 0 Å². The van der Waals surface area contributed by atoms with Gasteiger partial charge in [-0.2, -0.15) is 0 Å². The van der Waals surface area contributed by atoms with Gasteiger partial charge in [0.2, 0.25) is 5.76 Å². The fraction of sp³-hybridized carbons (Fsp3) is 0.0833. The summed E-state index contributed by atoms with van der Waals surface area (Å²) in [6.07, 6.45) is -0.972. The zero-order chi connectivity index (χ0) is 12.4. The highest BCUT2D eigenvalue weighted by molar-refractivity contribution is 9.10. The Morgan fingerprint density at radius 3 is 2.65 bits per heavy atom. The van der Waals surface area contributed by atoms with Crippen molar-refractivity contribution >= 4 is 21.9 Å². The van der Waals surface area contributed by atoms with E-state index in [0.29, 0.717) is 5.56 Å². The van der Waals surface area contributed by atoms with Gasteiger partial charge in [0.05, 0.1) is 0 Å². The summed E-state index contributed by atoms with van der Waals surface area (Å²) in [5.41, 5.74) is 0.630. The van der Waals surface area contributed by atoms with E-state index >= 15 is 0 Å². The summed E-state index contributed by atoms with van der Waals surface area (Å²) in [6.45, 7) is 0. The third-order valence-electron chi connectivity index (χ3n) is 2.27. The minimum Gasteiger partial charge on any atom is -0.475 e. The molecular weight excluding hydrogens is 288 g/mol. The Hall–Kier alpha value is -1.59. The first-order valence-corrected chi connectivity index (χ1v) is 5.64. The van der Waals surface area contributed by atoms with E-state index in [1.54, 1.807) is 18.2 Å². The number of furan rings is 1. The first kappa shape index (κ1) is 11.9. The molecule has 0 amide bonds. The summed E-state index contributed by atoms with van der Waals surface area (Å²) < 4.78 is 5.87. The van der Waals surface area contributed by atoms with Gasteiger partial charge >= 0.3 is 5.97 Å². The molecular formula is C12H9BrO4. The van der Waals surface area contributed by atoms with Gasteiger partial charge in [0.1, 0.15) is 11.9 Å². The van der Waals surface area contributed by atoms with Gasteiger partial charge in [-0.05, 0) is 29.8 Å². The molecule has 2 rings (SSSR count). The Kier molecular flexibility index (Phi) is 3.31. The van der Waals surface area contributed by atoms with E-state index in [9.17, 15) is 9.90 Å². The van der Waals surface area contributed by atoms with E-state index < -0.39 is 12.1 Å². The third kappa shape index (κ3) is 2.57. The molecule has 0 aliphatic rings. The highest BCUT2D eigenvalue weighted by Gasteiger charge is 2.17. The predicted molar refractivity (Wildman–Crippen MR) is 63.9 cm³/mol. The van der Waals surface area contributed by atoms with Crippen molar-refractivity contribution < 1.29 is 19.4 Å². The van der Waals surface area contributed by atoms with Gasteiger partial charge in [-0.15, -0.1) is 0 Å². The van der Waals surface area contributed by atoms with E-state index in [2.05, 4.69) is 15.9 Å². The van der Waals surface area contributed by atoms with E-state index in [0.717, 1.165) is 4.47 Å². The van der Waals surface area contributed by atoms with Crippen LogP contribution in [0.4, 0.5) is 0 Å². The molecule has 1 unspecified atom stereocenters. The van der Waals surface area contributed by atoms with Crippen LogP contribution in [0.3, 0.4) is 0 Å². The molecule has 0 saturated heterocycles. The highest BCUT2D eigenvalue weighted by atomic mass is 79.9. The SMILES string of the molecule is O=C(O)c1ccc(C(O)c2cccc(Br)c2)o1. The maximum absolute atomic E-state index is 10.6. The number of carboxylic acids is 1. The number of aromatic carboxylic acids is 1. The van der Waals surface area contributed by atoms with Crippen molar-refractivity contribution in [2.75, 3.05) is 0 Å². The van der Waals surface area contributed by atoms with Crippen LogP contribution in [0.5, 0.6) is 0 Å². The van der Waals surface area contributed by atoms with Crippen molar-refractivity contribution in [3.8, 4) is 0 Å². The van der Waals surface area contributed by atoms with Crippen molar-refractivity contribution in [3.05, 3.63) is 58.0 Å². The van der Waals surface area contributed by atoms with Gasteiger partial charge in [0, 0.05) is 4.47 Å². The Balaban J connectivity index is 2.30. The van der Waals surface area contributed by atoms with Gasteiger partial charge in [-0.25, -0.2) is 4.79 Å². The molecule has 0 aliphatic heterocycles. The largest absolute Gasteiger partial charge is 0.475 e. The van der Waals surface area contributed by atoms with Crippen LogP contribution < -0.4 is 0 Å². The summed E-state index contributed by atoms with van der Waals surface area (Å²) in [5.74, 6) is -1.13. The Bertz CT molecular complexity index is 547. The van der Waals surface area contributed by atoms with Crippen molar-refractivity contribution in [2.24, 2.45) is 0 Å². The van der Waals surface area contributed by atoms with Gasteiger partial charge in [-0.3, -0.25) is 0 Å². The van der Waals surface area contributed by atoms with Crippen LogP contribution in [0.1, 0.15) is 28.0 Å². The second-order valence-corrected chi connectivity index (χ2v) is 4.38. The van der Waals surface area contributed by atoms with Crippen LogP contribution in [-0.4, -0.2) is 16.2 Å². The van der Waals surface area contributed by atoms with Crippen LogP contribution in [0.2, 0.25) is 0 Å². The zero-order valence-electron chi connectivity index (χ0n) is 8.63. The predicted octanol–water partition coefficient (Wildman–Crippen LogP) is 2.82. The van der Waals surface area contributed by atoms with Crippen molar-refractivity contribution in [3.63, 3.8) is 0 Å². The van der Waals surface area contributed by atoms with Crippen molar-refractivity contribution in [1.29, 1.82) is 0 Å². The molecule has 1 atom stereocenters. The number of halogens is 1. The molecule has 0 fully saturated rings. The molecule has 1 aromatic carbocycles. The molecule has 2 aromatic rings. The van der Waals surface area contributed by atoms with Crippen molar-refractivity contribution in [2.45, 2.75) is 6.10 Å². The minimum atomic E-state index is -1.15. The van der Waals surface area contributed by atoms with E-state index in [4.69, 9.17) is 9.52 Å². The average Bonchev–Trinajstić information content (AvgIpc) is 2.77. The number of rotatable bonds is 3. The zero-order valence-corrected chi connectivity index (χ0v) is 10.2. The molecule has 0 spiro atoms. The summed E-state index contributed by atoms with van der Waals surface area (Å²) in [6, 6.07) is 9.87. The van der Waals surface area contributed by atoms with Gasteiger partial charge < -0.3 is 14.6 Å². The smallest absolute Gasteiger partial charge is 0.371 e. The summed E-state index contributed by atoms with van der Waals surface area (Å²) in [7, 11) is 0. The number of aliphatic hydroxyl groups is 1. The maximum Gasteiger partial charge on any atom is 0.371 e. The number of carboxylic acid groups (broad SMARTS) is 1. The topological polar surface area (TPSA) is 70.7 Å². The fourth-order valence-corrected chi connectivity index (χ4v) is 1.87. The number of carbonyl (C=O) groups is 1. The molecule has 88 valence electrons. The molecule has 5 heteroatoms. The lowest BCUT2D eigenvalue weighted by Crippen LogP contribution is -1.98. The minimum absolute atomic E-state index is 0.186. The van der Waals surface area contributed by atoms with E-state index in [-0.39, 0.29) is 11.5 Å².